The van der Waals surface area contributed by atoms with Gasteiger partial charge in [-0.1, -0.05) is 13.3 Å². The molecule has 0 aliphatic heterocycles. The Morgan fingerprint density at radius 2 is 2.22 bits per heavy atom. The van der Waals surface area contributed by atoms with Crippen molar-refractivity contribution in [2.45, 2.75) is 19.8 Å². The lowest BCUT2D eigenvalue weighted by Gasteiger charge is -2.04. The number of anilines is 1. The normalized spacial score (nSPS) is 10.2. The van der Waals surface area contributed by atoms with E-state index in [9.17, 15) is 14.9 Å². The molecule has 8 heteroatoms. The molecule has 1 amide bonds. The lowest BCUT2D eigenvalue weighted by molar-refractivity contribution is -0.384. The molecule has 0 radical (unpaired) electrons. The molecule has 0 bridgehead atoms. The number of rotatable bonds is 6. The van der Waals surface area contributed by atoms with Crippen LogP contribution in [0.5, 0.6) is 0 Å². The van der Waals surface area contributed by atoms with Crippen molar-refractivity contribution in [1.82, 2.24) is 15.1 Å². The first-order valence-electron chi connectivity index (χ1n) is 5.66. The number of carbonyl (C=O) groups excluding carboxylic acids is 1. The Morgan fingerprint density at radius 1 is 1.56 bits per heavy atom. The smallest absolute Gasteiger partial charge is 0.334 e. The second-order valence-corrected chi connectivity index (χ2v) is 3.80. The minimum atomic E-state index is -0.468. The maximum Gasteiger partial charge on any atom is 0.334 e. The highest BCUT2D eigenvalue weighted by atomic mass is 16.6. The van der Waals surface area contributed by atoms with Gasteiger partial charge in [-0.25, -0.2) is 4.68 Å². The summed E-state index contributed by atoms with van der Waals surface area (Å²) in [6.07, 6.45) is 1.30. The first kappa shape index (κ1) is 13.9. The second-order valence-electron chi connectivity index (χ2n) is 3.80. The molecule has 0 aliphatic carbocycles. The van der Waals surface area contributed by atoms with Crippen molar-refractivity contribution >= 4 is 17.4 Å². The van der Waals surface area contributed by atoms with Gasteiger partial charge in [0.2, 0.25) is 11.7 Å². The molecule has 8 nitrogen and oxygen atoms in total. The van der Waals surface area contributed by atoms with E-state index in [1.807, 2.05) is 6.92 Å². The van der Waals surface area contributed by atoms with E-state index < -0.39 is 4.92 Å². The molecule has 1 rings (SSSR count). The highest BCUT2D eigenvalue weighted by Gasteiger charge is 2.26. The van der Waals surface area contributed by atoms with Crippen LogP contribution in [0.1, 0.15) is 19.0 Å². The van der Waals surface area contributed by atoms with Crippen LogP contribution < -0.4 is 10.6 Å². The van der Waals surface area contributed by atoms with Crippen molar-refractivity contribution in [3.8, 4) is 0 Å². The molecule has 0 atom stereocenters. The number of aryl methyl sites for hydroxylation is 2. The molecule has 2 N–H and O–H groups in total. The SMILES string of the molecule is CCCc1nn(C)c(NCC(=O)NC)c1[N+](=O)[O-]. The summed E-state index contributed by atoms with van der Waals surface area (Å²) in [6, 6.07) is 0. The van der Waals surface area contributed by atoms with Crippen LogP contribution in [0, 0.1) is 10.1 Å². The Balaban J connectivity index is 3.01. The van der Waals surface area contributed by atoms with Crippen LogP contribution in [0.2, 0.25) is 0 Å². The topological polar surface area (TPSA) is 102 Å². The van der Waals surface area contributed by atoms with Crippen LogP contribution in [0.4, 0.5) is 11.5 Å². The third-order valence-electron chi connectivity index (χ3n) is 2.46. The van der Waals surface area contributed by atoms with E-state index in [2.05, 4.69) is 15.7 Å². The van der Waals surface area contributed by atoms with Crippen LogP contribution in [-0.4, -0.2) is 34.2 Å². The highest BCUT2D eigenvalue weighted by molar-refractivity contribution is 5.81. The number of hydrogen-bond donors (Lipinski definition) is 2. The predicted octanol–water partition coefficient (Wildman–Crippen LogP) is 0.439. The van der Waals surface area contributed by atoms with Gasteiger partial charge in [0, 0.05) is 14.1 Å². The van der Waals surface area contributed by atoms with E-state index in [0.29, 0.717) is 12.1 Å². The van der Waals surface area contributed by atoms with Gasteiger partial charge in [0.1, 0.15) is 5.69 Å². The van der Waals surface area contributed by atoms with Gasteiger partial charge in [0.25, 0.3) is 0 Å². The monoisotopic (exact) mass is 255 g/mol. The van der Waals surface area contributed by atoms with E-state index in [0.717, 1.165) is 6.42 Å². The minimum Gasteiger partial charge on any atom is -0.358 e. The molecule has 1 aromatic rings. The molecule has 0 saturated carbocycles. The zero-order chi connectivity index (χ0) is 13.7. The summed E-state index contributed by atoms with van der Waals surface area (Å²) in [6.45, 7) is 1.90. The van der Waals surface area contributed by atoms with Crippen molar-refractivity contribution in [3.05, 3.63) is 15.8 Å². The first-order valence-corrected chi connectivity index (χ1v) is 5.66. The molecule has 0 spiro atoms. The number of nitrogens with one attached hydrogen (secondary N) is 2. The first-order chi connectivity index (χ1) is 8.51. The quantitative estimate of drug-likeness (QED) is 0.567. The van der Waals surface area contributed by atoms with E-state index in [4.69, 9.17) is 0 Å². The van der Waals surface area contributed by atoms with Crippen LogP contribution >= 0.6 is 0 Å². The van der Waals surface area contributed by atoms with Gasteiger partial charge in [-0.05, 0) is 6.42 Å². The maximum absolute atomic E-state index is 11.1. The average Bonchev–Trinajstić information content (AvgIpc) is 2.63. The average molecular weight is 255 g/mol. The Kier molecular flexibility index (Phi) is 4.64. The molecule has 1 aromatic heterocycles. The van der Waals surface area contributed by atoms with Crippen molar-refractivity contribution in [3.63, 3.8) is 0 Å². The fraction of sp³-hybridized carbons (Fsp3) is 0.600. The number of nitrogens with zero attached hydrogens (tertiary/aromatic N) is 3. The zero-order valence-corrected chi connectivity index (χ0v) is 10.7. The summed E-state index contributed by atoms with van der Waals surface area (Å²) < 4.78 is 1.39. The highest BCUT2D eigenvalue weighted by Crippen LogP contribution is 2.28. The molecule has 100 valence electrons. The summed E-state index contributed by atoms with van der Waals surface area (Å²) in [7, 11) is 3.11. The summed E-state index contributed by atoms with van der Waals surface area (Å²) >= 11 is 0. The van der Waals surface area contributed by atoms with Crippen molar-refractivity contribution in [2.75, 3.05) is 18.9 Å². The van der Waals surface area contributed by atoms with Gasteiger partial charge in [-0.2, -0.15) is 5.10 Å². The molecule has 18 heavy (non-hydrogen) atoms. The van der Waals surface area contributed by atoms with Gasteiger partial charge in [-0.3, -0.25) is 14.9 Å². The third-order valence-corrected chi connectivity index (χ3v) is 2.46. The van der Waals surface area contributed by atoms with E-state index in [-0.39, 0.29) is 24.0 Å². The molecular formula is C10H17N5O3. The number of aromatic nitrogens is 2. The summed E-state index contributed by atoms with van der Waals surface area (Å²) in [5, 5.41) is 20.3. The number of carbonyl (C=O) groups is 1. The standard InChI is InChI=1S/C10H17N5O3/c1-4-5-7-9(15(17)18)10(14(3)13-7)12-6-8(16)11-2/h12H,4-6H2,1-3H3,(H,11,16). The number of nitro groups is 1. The Morgan fingerprint density at radius 3 is 2.72 bits per heavy atom. The van der Waals surface area contributed by atoms with Gasteiger partial charge in [-0.15, -0.1) is 0 Å². The maximum atomic E-state index is 11.1. The van der Waals surface area contributed by atoms with Crippen molar-refractivity contribution < 1.29 is 9.72 Å². The van der Waals surface area contributed by atoms with Crippen LogP contribution in [-0.2, 0) is 18.3 Å². The van der Waals surface area contributed by atoms with E-state index in [1.54, 1.807) is 7.05 Å². The molecular weight excluding hydrogens is 238 g/mol. The number of likely N-dealkylation sites (N-methyl/N-ethyl adjacent to an activating group) is 1. The summed E-state index contributed by atoms with van der Waals surface area (Å²) in [5.41, 5.74) is 0.382. The third kappa shape index (κ3) is 2.96. The van der Waals surface area contributed by atoms with Crippen molar-refractivity contribution in [1.29, 1.82) is 0 Å². The largest absolute Gasteiger partial charge is 0.358 e. The molecule has 1 heterocycles. The molecule has 0 fully saturated rings. The zero-order valence-electron chi connectivity index (χ0n) is 10.7. The van der Waals surface area contributed by atoms with Crippen LogP contribution in [0.15, 0.2) is 0 Å². The fourth-order valence-corrected chi connectivity index (χ4v) is 1.62. The van der Waals surface area contributed by atoms with Crippen LogP contribution in [0.3, 0.4) is 0 Å². The van der Waals surface area contributed by atoms with Gasteiger partial charge in [0.05, 0.1) is 11.5 Å². The lowest BCUT2D eigenvalue weighted by Crippen LogP contribution is -2.27. The fourth-order valence-electron chi connectivity index (χ4n) is 1.62. The predicted molar refractivity (Wildman–Crippen MR) is 66.4 cm³/mol. The molecule has 0 unspecified atom stereocenters. The Hall–Kier alpha value is -2.12. The summed E-state index contributed by atoms with van der Waals surface area (Å²) in [4.78, 5) is 21.7. The Labute approximate surface area is 105 Å². The second kappa shape index (κ2) is 5.99. The van der Waals surface area contributed by atoms with Gasteiger partial charge >= 0.3 is 5.69 Å². The molecule has 0 saturated heterocycles. The summed E-state index contributed by atoms with van der Waals surface area (Å²) in [5.74, 6) is 0.00888. The minimum absolute atomic E-state index is 0.0254. The van der Waals surface area contributed by atoms with E-state index >= 15 is 0 Å². The Bertz CT molecular complexity index is 455. The van der Waals surface area contributed by atoms with Gasteiger partial charge < -0.3 is 10.6 Å². The van der Waals surface area contributed by atoms with Gasteiger partial charge in [0.15, 0.2) is 0 Å². The molecule has 0 aliphatic rings. The molecule has 0 aromatic carbocycles. The van der Waals surface area contributed by atoms with E-state index in [1.165, 1.54) is 11.7 Å². The van der Waals surface area contributed by atoms with Crippen LogP contribution in [0.25, 0.3) is 0 Å². The van der Waals surface area contributed by atoms with Crippen molar-refractivity contribution in [2.24, 2.45) is 7.05 Å². The number of amides is 1. The lowest BCUT2D eigenvalue weighted by atomic mass is 10.2. The number of hydrogen-bond acceptors (Lipinski definition) is 5.